The van der Waals surface area contributed by atoms with Crippen molar-refractivity contribution >= 4 is 27.6 Å². The molecule has 1 unspecified atom stereocenters. The van der Waals surface area contributed by atoms with E-state index in [1.807, 2.05) is 6.20 Å². The fraction of sp³-hybridized carbons (Fsp3) is 0.154. The van der Waals surface area contributed by atoms with Crippen LogP contribution in [0, 0.1) is 0 Å². The maximum atomic E-state index is 4.95. The van der Waals surface area contributed by atoms with E-state index in [1.165, 1.54) is 66.1 Å². The second-order valence-corrected chi connectivity index (χ2v) is 12.5. The summed E-state index contributed by atoms with van der Waals surface area (Å²) in [5.41, 5.74) is 12.9. The Kier molecular flexibility index (Phi) is 4.69. The molecule has 0 radical (unpaired) electrons. The lowest BCUT2D eigenvalue weighted by Crippen LogP contribution is -2.26. The molecule has 2 aliphatic carbocycles. The Morgan fingerprint density at radius 3 is 2.23 bits per heavy atom. The number of benzene rings is 5. The van der Waals surface area contributed by atoms with Gasteiger partial charge in [-0.15, -0.1) is 0 Å². The molecule has 1 heterocycles. The maximum Gasteiger partial charge on any atom is 0.0780 e. The van der Waals surface area contributed by atoms with Crippen LogP contribution in [0.4, 0.5) is 0 Å². The fourth-order valence-corrected chi connectivity index (χ4v) is 7.36. The van der Waals surface area contributed by atoms with Gasteiger partial charge >= 0.3 is 0 Å². The van der Waals surface area contributed by atoms with E-state index >= 15 is 0 Å². The molecule has 8 rings (SSSR count). The number of fused-ring (bicyclic) bond motifs is 10. The summed E-state index contributed by atoms with van der Waals surface area (Å²) in [5, 5.41) is 5.01. The van der Waals surface area contributed by atoms with Crippen molar-refractivity contribution in [1.29, 1.82) is 0 Å². The number of rotatable bonds is 1. The van der Waals surface area contributed by atoms with Crippen molar-refractivity contribution in [2.75, 3.05) is 0 Å². The average Bonchev–Trinajstić information content (AvgIpc) is 3.44. The normalized spacial score (nSPS) is 17.2. The van der Waals surface area contributed by atoms with Crippen LogP contribution in [0.3, 0.4) is 0 Å². The van der Waals surface area contributed by atoms with Gasteiger partial charge in [-0.25, -0.2) is 0 Å². The Hall–Kier alpha value is -4.49. The van der Waals surface area contributed by atoms with Crippen molar-refractivity contribution < 1.29 is 0 Å². The monoisotopic (exact) mass is 513 g/mol. The van der Waals surface area contributed by atoms with Gasteiger partial charge in [0.2, 0.25) is 0 Å². The molecule has 0 bridgehead atoms. The van der Waals surface area contributed by atoms with E-state index in [9.17, 15) is 0 Å². The Labute approximate surface area is 235 Å². The Balaban J connectivity index is 1.35. The largest absolute Gasteiger partial charge is 0.256 e. The number of hydrogen-bond donors (Lipinski definition) is 0. The minimum absolute atomic E-state index is 0.123. The molecule has 5 aromatic carbocycles. The summed E-state index contributed by atoms with van der Waals surface area (Å²) in [6.07, 6.45) is 4.34. The van der Waals surface area contributed by atoms with Crippen LogP contribution in [0.1, 0.15) is 55.5 Å². The highest BCUT2D eigenvalue weighted by Gasteiger charge is 2.49. The number of nitrogens with zero attached hydrogens (tertiary/aromatic N) is 1. The molecule has 40 heavy (non-hydrogen) atoms. The van der Waals surface area contributed by atoms with Crippen molar-refractivity contribution in [2.24, 2.45) is 0 Å². The topological polar surface area (TPSA) is 12.9 Å². The first-order valence-corrected chi connectivity index (χ1v) is 14.2. The molecule has 0 aliphatic heterocycles. The third kappa shape index (κ3) is 3.01. The van der Waals surface area contributed by atoms with Gasteiger partial charge in [0, 0.05) is 17.1 Å². The van der Waals surface area contributed by atoms with Crippen LogP contribution in [0.25, 0.3) is 50.0 Å². The molecule has 1 aromatic heterocycles. The summed E-state index contributed by atoms with van der Waals surface area (Å²) in [4.78, 5) is 4.95. The molecule has 0 N–H and O–H groups in total. The zero-order valence-electron chi connectivity index (χ0n) is 23.4. The molecule has 1 heteroatoms. The van der Waals surface area contributed by atoms with Gasteiger partial charge in [-0.05, 0) is 79.6 Å². The van der Waals surface area contributed by atoms with Gasteiger partial charge in [0.05, 0.1) is 11.1 Å². The number of allylic oxidation sites excluding steroid dienone is 1. The standard InChI is InChI=1S/C39H31N/c1-24-21-26-9-5-7-11-34(26)39(24)35-12-8-6-10-31(35)33-23-27(14-18-36(33)39)37-32-16-13-25-22-28(38(2,3)4)15-17-29(25)30(32)19-20-40-37/h5-23H,1-4H3. The van der Waals surface area contributed by atoms with Crippen LogP contribution in [0.15, 0.2) is 115 Å². The van der Waals surface area contributed by atoms with Gasteiger partial charge in [0.15, 0.2) is 0 Å². The summed E-state index contributed by atoms with van der Waals surface area (Å²) >= 11 is 0. The smallest absolute Gasteiger partial charge is 0.0780 e. The van der Waals surface area contributed by atoms with E-state index in [4.69, 9.17) is 4.98 Å². The molecule has 6 aromatic rings. The van der Waals surface area contributed by atoms with Crippen molar-refractivity contribution in [2.45, 2.75) is 38.5 Å². The molecular formula is C39H31N. The van der Waals surface area contributed by atoms with Crippen LogP contribution >= 0.6 is 0 Å². The highest BCUT2D eigenvalue weighted by Crippen LogP contribution is 2.60. The minimum atomic E-state index is -0.228. The predicted molar refractivity (Wildman–Crippen MR) is 169 cm³/mol. The van der Waals surface area contributed by atoms with E-state index in [-0.39, 0.29) is 10.8 Å². The summed E-state index contributed by atoms with van der Waals surface area (Å²) < 4.78 is 0. The number of aromatic nitrogens is 1. The number of hydrogen-bond acceptors (Lipinski definition) is 1. The Morgan fingerprint density at radius 2 is 1.38 bits per heavy atom. The molecule has 0 fully saturated rings. The van der Waals surface area contributed by atoms with Crippen molar-refractivity contribution in [1.82, 2.24) is 4.98 Å². The highest BCUT2D eigenvalue weighted by atomic mass is 14.7. The molecule has 0 saturated heterocycles. The SMILES string of the molecule is CC1=Cc2ccccc2C12c1ccccc1-c1cc(-c3nccc4c3ccc3cc(C(C)(C)C)ccc34)ccc12. The second kappa shape index (κ2) is 8.02. The predicted octanol–water partition coefficient (Wildman–Crippen LogP) is 10.1. The van der Waals surface area contributed by atoms with Crippen LogP contribution in [0.5, 0.6) is 0 Å². The van der Waals surface area contributed by atoms with E-state index in [0.29, 0.717) is 0 Å². The van der Waals surface area contributed by atoms with Crippen LogP contribution in [-0.2, 0) is 10.8 Å². The Bertz CT molecular complexity index is 2050. The molecular weight excluding hydrogens is 482 g/mol. The van der Waals surface area contributed by atoms with Gasteiger partial charge in [-0.2, -0.15) is 0 Å². The van der Waals surface area contributed by atoms with E-state index < -0.39 is 0 Å². The third-order valence-corrected chi connectivity index (χ3v) is 9.27. The zero-order chi connectivity index (χ0) is 27.2. The quantitative estimate of drug-likeness (QED) is 0.199. The maximum absolute atomic E-state index is 4.95. The van der Waals surface area contributed by atoms with Crippen LogP contribution in [0.2, 0.25) is 0 Å². The highest BCUT2D eigenvalue weighted by molar-refractivity contribution is 6.11. The summed E-state index contributed by atoms with van der Waals surface area (Å²) in [6, 6.07) is 38.5. The molecule has 1 nitrogen and oxygen atoms in total. The van der Waals surface area contributed by atoms with Crippen molar-refractivity contribution in [3.8, 4) is 22.4 Å². The average molecular weight is 514 g/mol. The van der Waals surface area contributed by atoms with E-state index in [2.05, 4.69) is 137 Å². The number of pyridine rings is 1. The lowest BCUT2D eigenvalue weighted by Gasteiger charge is -2.31. The first-order chi connectivity index (χ1) is 19.4. The lowest BCUT2D eigenvalue weighted by atomic mass is 9.70. The van der Waals surface area contributed by atoms with E-state index in [1.54, 1.807) is 0 Å². The van der Waals surface area contributed by atoms with Gasteiger partial charge < -0.3 is 0 Å². The molecule has 0 saturated carbocycles. The first kappa shape index (κ1) is 23.4. The summed E-state index contributed by atoms with van der Waals surface area (Å²) in [5.74, 6) is 0. The molecule has 1 spiro atoms. The molecule has 0 amide bonds. The van der Waals surface area contributed by atoms with Crippen molar-refractivity contribution in [3.63, 3.8) is 0 Å². The van der Waals surface area contributed by atoms with Gasteiger partial charge in [-0.1, -0.05) is 123 Å². The van der Waals surface area contributed by atoms with Gasteiger partial charge in [0.1, 0.15) is 0 Å². The van der Waals surface area contributed by atoms with Crippen molar-refractivity contribution in [3.05, 3.63) is 143 Å². The van der Waals surface area contributed by atoms with E-state index in [0.717, 1.165) is 11.3 Å². The summed E-state index contributed by atoms with van der Waals surface area (Å²) in [6.45, 7) is 9.11. The van der Waals surface area contributed by atoms with Gasteiger partial charge in [-0.3, -0.25) is 4.98 Å². The molecule has 1 atom stereocenters. The lowest BCUT2D eigenvalue weighted by molar-refractivity contribution is 0.591. The zero-order valence-corrected chi connectivity index (χ0v) is 23.4. The minimum Gasteiger partial charge on any atom is -0.256 e. The first-order valence-electron chi connectivity index (χ1n) is 14.2. The summed E-state index contributed by atoms with van der Waals surface area (Å²) in [7, 11) is 0. The Morgan fingerprint density at radius 1 is 0.625 bits per heavy atom. The van der Waals surface area contributed by atoms with Gasteiger partial charge in [0.25, 0.3) is 0 Å². The fourth-order valence-electron chi connectivity index (χ4n) is 7.36. The second-order valence-electron chi connectivity index (χ2n) is 12.5. The van der Waals surface area contributed by atoms with Crippen LogP contribution in [-0.4, -0.2) is 4.98 Å². The molecule has 192 valence electrons. The molecule has 2 aliphatic rings. The van der Waals surface area contributed by atoms with Crippen LogP contribution < -0.4 is 0 Å². The third-order valence-electron chi connectivity index (χ3n) is 9.27.